The molecule has 0 aromatic rings. The lowest BCUT2D eigenvalue weighted by atomic mass is 9.86. The molecule has 1 fully saturated rings. The molecule has 0 aromatic heterocycles. The summed E-state index contributed by atoms with van der Waals surface area (Å²) in [4.78, 5) is 22.6. The summed E-state index contributed by atoms with van der Waals surface area (Å²) in [7, 11) is -2.63. The van der Waals surface area contributed by atoms with Gasteiger partial charge in [0.15, 0.2) is 0 Å². The van der Waals surface area contributed by atoms with Crippen LogP contribution >= 0.6 is 0 Å². The van der Waals surface area contributed by atoms with Gasteiger partial charge in [-0.25, -0.2) is 9.52 Å². The molecule has 122 valence electrons. The van der Waals surface area contributed by atoms with Crippen LogP contribution in [0.3, 0.4) is 0 Å². The number of carbonyl (C=O) groups is 2. The summed E-state index contributed by atoms with van der Waals surface area (Å²) >= 11 is 0. The molecular weight excluding hydrogens is 300 g/mol. The van der Waals surface area contributed by atoms with Crippen LogP contribution in [0.2, 0.25) is 0 Å². The van der Waals surface area contributed by atoms with E-state index in [-0.39, 0.29) is 17.9 Å². The highest BCUT2D eigenvalue weighted by Gasteiger charge is 2.29. The number of rotatable bonds is 5. The largest absolute Gasteiger partial charge is 0.469 e. The van der Waals surface area contributed by atoms with Crippen LogP contribution in [0.25, 0.3) is 0 Å². The van der Waals surface area contributed by atoms with Crippen molar-refractivity contribution >= 4 is 22.3 Å². The number of hydrogen-bond donors (Lipinski definition) is 2. The van der Waals surface area contributed by atoms with Crippen molar-refractivity contribution in [3.05, 3.63) is 0 Å². The highest BCUT2D eigenvalue weighted by atomic mass is 32.2. The van der Waals surface area contributed by atoms with Gasteiger partial charge in [-0.3, -0.25) is 4.79 Å². The van der Waals surface area contributed by atoms with Gasteiger partial charge in [0, 0.05) is 6.04 Å². The molecule has 0 aliphatic heterocycles. The van der Waals surface area contributed by atoms with Crippen molar-refractivity contribution in [2.75, 3.05) is 7.11 Å². The average molecular weight is 322 g/mol. The molecule has 2 N–H and O–H groups in total. The van der Waals surface area contributed by atoms with E-state index in [0.717, 1.165) is 0 Å². The minimum absolute atomic E-state index is 0.186. The predicted molar refractivity (Wildman–Crippen MR) is 74.6 cm³/mol. The van der Waals surface area contributed by atoms with Crippen molar-refractivity contribution in [2.24, 2.45) is 5.92 Å². The zero-order valence-electron chi connectivity index (χ0n) is 12.4. The van der Waals surface area contributed by atoms with Crippen molar-refractivity contribution < 1.29 is 27.5 Å². The Morgan fingerprint density at radius 3 is 2.19 bits per heavy atom. The van der Waals surface area contributed by atoms with Gasteiger partial charge in [0.05, 0.1) is 19.1 Å². The van der Waals surface area contributed by atoms with Crippen LogP contribution in [0.1, 0.15) is 39.5 Å². The maximum absolute atomic E-state index is 11.7. The van der Waals surface area contributed by atoms with Gasteiger partial charge in [0.1, 0.15) is 0 Å². The lowest BCUT2D eigenvalue weighted by Gasteiger charge is -2.27. The van der Waals surface area contributed by atoms with Crippen LogP contribution in [0.5, 0.6) is 0 Å². The molecule has 0 bridgehead atoms. The van der Waals surface area contributed by atoms with Crippen molar-refractivity contribution in [1.29, 1.82) is 0 Å². The Labute approximate surface area is 124 Å². The van der Waals surface area contributed by atoms with Crippen LogP contribution in [0, 0.1) is 5.92 Å². The normalized spacial score (nSPS) is 22.7. The van der Waals surface area contributed by atoms with Gasteiger partial charge in [0.2, 0.25) is 0 Å². The predicted octanol–water partition coefficient (Wildman–Crippen LogP) is 0.687. The third-order valence-electron chi connectivity index (χ3n) is 3.14. The maximum atomic E-state index is 11.7. The Morgan fingerprint density at radius 2 is 1.71 bits per heavy atom. The molecule has 0 saturated heterocycles. The van der Waals surface area contributed by atoms with E-state index < -0.39 is 22.4 Å². The van der Waals surface area contributed by atoms with E-state index in [1.165, 1.54) is 7.11 Å². The van der Waals surface area contributed by atoms with Crippen LogP contribution in [-0.2, 0) is 24.5 Å². The van der Waals surface area contributed by atoms with E-state index in [1.54, 1.807) is 18.6 Å². The van der Waals surface area contributed by atoms with Gasteiger partial charge in [-0.1, -0.05) is 0 Å². The van der Waals surface area contributed by atoms with Gasteiger partial charge in [-0.05, 0) is 39.5 Å². The quantitative estimate of drug-likeness (QED) is 0.720. The number of ether oxygens (including phenoxy) is 2. The zero-order chi connectivity index (χ0) is 16.0. The first-order valence-corrected chi connectivity index (χ1v) is 8.30. The molecule has 8 nitrogen and oxygen atoms in total. The fourth-order valence-corrected chi connectivity index (χ4v) is 3.21. The molecule has 9 heteroatoms. The summed E-state index contributed by atoms with van der Waals surface area (Å²) in [6.07, 6.45) is 0.711. The topological polar surface area (TPSA) is 111 Å². The van der Waals surface area contributed by atoms with Crippen molar-refractivity contribution in [2.45, 2.75) is 51.7 Å². The lowest BCUT2D eigenvalue weighted by Crippen LogP contribution is -2.47. The average Bonchev–Trinajstić information content (AvgIpc) is 2.36. The van der Waals surface area contributed by atoms with Crippen molar-refractivity contribution in [3.8, 4) is 0 Å². The number of esters is 1. The molecule has 1 aliphatic rings. The van der Waals surface area contributed by atoms with E-state index in [4.69, 9.17) is 4.74 Å². The summed E-state index contributed by atoms with van der Waals surface area (Å²) in [5, 5.41) is 0. The van der Waals surface area contributed by atoms with Gasteiger partial charge < -0.3 is 9.47 Å². The number of methoxy groups -OCH3 is 1. The Kier molecular flexibility index (Phi) is 6.41. The second-order valence-corrected chi connectivity index (χ2v) is 6.70. The number of hydrogen-bond acceptors (Lipinski definition) is 6. The SMILES string of the molecule is COC(=O)C1CCC(NS(=O)(=O)NC(=O)OC(C)C)CC1. The monoisotopic (exact) mass is 322 g/mol. The van der Waals surface area contributed by atoms with Crippen molar-refractivity contribution in [3.63, 3.8) is 0 Å². The van der Waals surface area contributed by atoms with Gasteiger partial charge >= 0.3 is 22.3 Å². The molecule has 0 heterocycles. The van der Waals surface area contributed by atoms with Gasteiger partial charge in [0.25, 0.3) is 0 Å². The van der Waals surface area contributed by atoms with Gasteiger partial charge in [-0.15, -0.1) is 0 Å². The summed E-state index contributed by atoms with van der Waals surface area (Å²) in [5.74, 6) is -0.454. The molecule has 21 heavy (non-hydrogen) atoms. The molecule has 0 spiro atoms. The van der Waals surface area contributed by atoms with Crippen LogP contribution in [0.15, 0.2) is 0 Å². The first kappa shape index (κ1) is 17.7. The fourth-order valence-electron chi connectivity index (χ4n) is 2.21. The molecule has 0 atom stereocenters. The second kappa shape index (κ2) is 7.60. The Balaban J connectivity index is 2.43. The Bertz CT molecular complexity index is 468. The number of amides is 1. The molecule has 1 aliphatic carbocycles. The lowest BCUT2D eigenvalue weighted by molar-refractivity contribution is -0.146. The fraction of sp³-hybridized carbons (Fsp3) is 0.833. The summed E-state index contributed by atoms with van der Waals surface area (Å²) in [6, 6.07) is -0.310. The summed E-state index contributed by atoms with van der Waals surface area (Å²) < 4.78 is 37.0. The molecule has 1 saturated carbocycles. The molecule has 1 amide bonds. The minimum atomic E-state index is -3.96. The van der Waals surface area contributed by atoms with Crippen LogP contribution in [-0.4, -0.2) is 39.7 Å². The third-order valence-corrected chi connectivity index (χ3v) is 4.22. The summed E-state index contributed by atoms with van der Waals surface area (Å²) in [6.45, 7) is 3.24. The third kappa shape index (κ3) is 6.30. The Morgan fingerprint density at radius 1 is 1.14 bits per heavy atom. The summed E-state index contributed by atoms with van der Waals surface area (Å²) in [5.41, 5.74) is 0. The van der Waals surface area contributed by atoms with Crippen LogP contribution < -0.4 is 9.44 Å². The van der Waals surface area contributed by atoms with Crippen molar-refractivity contribution in [1.82, 2.24) is 9.44 Å². The molecule has 0 radical (unpaired) electrons. The molecule has 0 unspecified atom stereocenters. The smallest absolute Gasteiger partial charge is 0.422 e. The van der Waals surface area contributed by atoms with E-state index in [9.17, 15) is 18.0 Å². The highest BCUT2D eigenvalue weighted by Crippen LogP contribution is 2.25. The van der Waals surface area contributed by atoms with Gasteiger partial charge in [-0.2, -0.15) is 13.1 Å². The van der Waals surface area contributed by atoms with E-state index in [0.29, 0.717) is 25.7 Å². The first-order chi connectivity index (χ1) is 9.73. The highest BCUT2D eigenvalue weighted by molar-refractivity contribution is 7.88. The molecule has 0 aromatic carbocycles. The van der Waals surface area contributed by atoms with E-state index >= 15 is 0 Å². The maximum Gasteiger partial charge on any atom is 0.422 e. The van der Waals surface area contributed by atoms with E-state index in [1.807, 2.05) is 0 Å². The standard InChI is InChI=1S/C12H22N2O6S/c1-8(2)20-12(16)14-21(17,18)13-10-6-4-9(5-7-10)11(15)19-3/h8-10,13H,4-7H2,1-3H3,(H,14,16). The first-order valence-electron chi connectivity index (χ1n) is 6.82. The molecule has 1 rings (SSSR count). The van der Waals surface area contributed by atoms with E-state index in [2.05, 4.69) is 9.46 Å². The zero-order valence-corrected chi connectivity index (χ0v) is 13.2. The minimum Gasteiger partial charge on any atom is -0.469 e. The number of nitrogens with one attached hydrogen (secondary N) is 2. The number of carbonyl (C=O) groups excluding carboxylic acids is 2. The second-order valence-electron chi connectivity index (χ2n) is 5.25. The van der Waals surface area contributed by atoms with Crippen LogP contribution in [0.4, 0.5) is 4.79 Å². The molecular formula is C12H22N2O6S. The Hall–Kier alpha value is -1.35.